The number of aromatic nitrogens is 2. The third kappa shape index (κ3) is 8.19. The van der Waals surface area contributed by atoms with Gasteiger partial charge in [-0.2, -0.15) is 0 Å². The Morgan fingerprint density at radius 1 is 1.20 bits per heavy atom. The third-order valence-corrected chi connectivity index (χ3v) is 7.11. The molecule has 0 aromatic carbocycles. The van der Waals surface area contributed by atoms with E-state index in [2.05, 4.69) is 9.82 Å². The fourth-order valence-electron chi connectivity index (χ4n) is 3.58. The van der Waals surface area contributed by atoms with Crippen LogP contribution in [0.5, 0.6) is 0 Å². The minimum absolute atomic E-state index is 0.528. The van der Waals surface area contributed by atoms with Crippen molar-refractivity contribution in [1.29, 1.82) is 0 Å². The van der Waals surface area contributed by atoms with Gasteiger partial charge >= 0.3 is 25.6 Å². The lowest BCUT2D eigenvalue weighted by Gasteiger charge is -2.32. The van der Waals surface area contributed by atoms with Crippen LogP contribution in [0.15, 0.2) is 21.9 Å². The normalized spacial score (nSPS) is 26.9. The molecule has 228 valence electrons. The number of aliphatic hydroxyl groups is 2. The van der Waals surface area contributed by atoms with Crippen LogP contribution in [0.1, 0.15) is 47.8 Å². The highest BCUT2D eigenvalue weighted by molar-refractivity contribution is 7.51. The van der Waals surface area contributed by atoms with E-state index in [0.717, 1.165) is 19.2 Å². The second kappa shape index (κ2) is 13.3. The lowest BCUT2D eigenvalue weighted by Crippen LogP contribution is -2.53. The molecule has 1 aromatic rings. The predicted octanol–water partition coefficient (Wildman–Crippen LogP) is 0.476. The number of nitrogens with zero attached hydrogens (tertiary/aromatic N) is 1. The number of ether oxygens (including phenoxy) is 4. The molecule has 1 aliphatic heterocycles. The Kier molecular flexibility index (Phi) is 11.2. The monoisotopic (exact) mass is 599 g/mol. The zero-order valence-electron chi connectivity index (χ0n) is 22.8. The average molecular weight is 600 g/mol. The van der Waals surface area contributed by atoms with Crippen LogP contribution < -0.4 is 16.3 Å². The van der Waals surface area contributed by atoms with E-state index in [4.69, 9.17) is 23.3 Å². The number of rotatable bonds is 13. The van der Waals surface area contributed by atoms with Crippen LogP contribution in [0.2, 0.25) is 0 Å². The first-order valence-electron chi connectivity index (χ1n) is 12.1. The first kappa shape index (κ1) is 33.5. The molecule has 1 saturated heterocycles. The zero-order chi connectivity index (χ0) is 30.5. The van der Waals surface area contributed by atoms with Crippen molar-refractivity contribution in [1.82, 2.24) is 14.6 Å². The highest BCUT2D eigenvalue weighted by Crippen LogP contribution is 2.49. The van der Waals surface area contributed by atoms with E-state index in [-0.39, 0.29) is 0 Å². The van der Waals surface area contributed by atoms with Crippen molar-refractivity contribution >= 4 is 19.9 Å². The molecule has 40 heavy (non-hydrogen) atoms. The van der Waals surface area contributed by atoms with Crippen molar-refractivity contribution < 1.29 is 56.8 Å². The Balaban J connectivity index is 2.30. The molecule has 16 nitrogen and oxygen atoms in total. The van der Waals surface area contributed by atoms with Gasteiger partial charge in [-0.15, -0.1) is 0 Å². The molecule has 0 aliphatic carbocycles. The van der Waals surface area contributed by atoms with Crippen LogP contribution in [-0.2, 0) is 37.4 Å². The summed E-state index contributed by atoms with van der Waals surface area (Å²) in [7, 11) is -4.69. The standard InChI is InChI=1S/C22H35FN3O13P/c1-12(2)37-16(28)14(5)25-40(33,36-11-34-20(31)38-13(3)4)35-10-22(9-23)17(29)21(6,32)18(39-22)26-8-7-15(27)24-19(26)30/h7-8,12-14,17-18,29,32H,9-11H2,1-6H3,(H,25,33)(H,24,27,30)/t14-,17-,18+,21+,22+,40?/m0/s1. The van der Waals surface area contributed by atoms with Crippen molar-refractivity contribution in [2.75, 3.05) is 20.1 Å². The summed E-state index contributed by atoms with van der Waals surface area (Å²) in [5.74, 6) is -0.861. The van der Waals surface area contributed by atoms with Gasteiger partial charge < -0.3 is 29.2 Å². The second-order valence-electron chi connectivity index (χ2n) is 9.73. The van der Waals surface area contributed by atoms with E-state index < -0.39 is 93.0 Å². The summed E-state index contributed by atoms with van der Waals surface area (Å²) in [6, 6.07) is -0.380. The van der Waals surface area contributed by atoms with Gasteiger partial charge in [-0.3, -0.25) is 28.2 Å². The molecule has 2 heterocycles. The molecule has 1 fully saturated rings. The van der Waals surface area contributed by atoms with Crippen LogP contribution in [-0.4, -0.2) is 87.5 Å². The van der Waals surface area contributed by atoms with Crippen molar-refractivity contribution in [3.05, 3.63) is 33.1 Å². The van der Waals surface area contributed by atoms with Crippen LogP contribution in [0, 0.1) is 0 Å². The molecule has 0 amide bonds. The topological polar surface area (TPSA) is 214 Å². The van der Waals surface area contributed by atoms with Gasteiger partial charge in [0.25, 0.3) is 5.56 Å². The summed E-state index contributed by atoms with van der Waals surface area (Å²) in [6.45, 7) is 4.95. The maximum absolute atomic E-state index is 14.5. The van der Waals surface area contributed by atoms with Gasteiger partial charge in [-0.25, -0.2) is 23.6 Å². The van der Waals surface area contributed by atoms with Gasteiger partial charge in [-0.1, -0.05) is 0 Å². The molecule has 0 spiro atoms. The Morgan fingerprint density at radius 2 is 1.82 bits per heavy atom. The number of hydrogen-bond acceptors (Lipinski definition) is 13. The smallest absolute Gasteiger partial charge is 0.462 e. The largest absolute Gasteiger partial charge is 0.510 e. The third-order valence-electron chi connectivity index (χ3n) is 5.50. The van der Waals surface area contributed by atoms with Crippen LogP contribution in [0.4, 0.5) is 9.18 Å². The van der Waals surface area contributed by atoms with Crippen LogP contribution in [0.25, 0.3) is 0 Å². The molecular weight excluding hydrogens is 564 g/mol. The van der Waals surface area contributed by atoms with Gasteiger partial charge in [0.15, 0.2) is 11.8 Å². The molecule has 1 unspecified atom stereocenters. The molecule has 4 N–H and O–H groups in total. The highest BCUT2D eigenvalue weighted by Gasteiger charge is 2.63. The first-order chi connectivity index (χ1) is 18.5. The van der Waals surface area contributed by atoms with Crippen molar-refractivity contribution in [3.63, 3.8) is 0 Å². The molecule has 0 saturated carbocycles. The van der Waals surface area contributed by atoms with Crippen LogP contribution in [0.3, 0.4) is 0 Å². The number of aromatic amines is 1. The van der Waals surface area contributed by atoms with Gasteiger partial charge in [0.1, 0.15) is 24.4 Å². The number of alkyl halides is 1. The Hall–Kier alpha value is -2.66. The minimum atomic E-state index is -4.69. The van der Waals surface area contributed by atoms with E-state index in [1.54, 1.807) is 27.7 Å². The number of nitrogens with one attached hydrogen (secondary N) is 2. The molecule has 1 aromatic heterocycles. The van der Waals surface area contributed by atoms with Gasteiger partial charge in [0.2, 0.25) is 6.79 Å². The molecule has 1 aliphatic rings. The summed E-state index contributed by atoms with van der Waals surface area (Å²) in [5.41, 5.74) is -6.54. The fourth-order valence-corrected chi connectivity index (χ4v) is 4.96. The number of esters is 1. The van der Waals surface area contributed by atoms with Crippen molar-refractivity contribution in [2.24, 2.45) is 0 Å². The lowest BCUT2D eigenvalue weighted by atomic mass is 9.88. The van der Waals surface area contributed by atoms with E-state index in [1.807, 2.05) is 4.98 Å². The summed E-state index contributed by atoms with van der Waals surface area (Å²) in [4.78, 5) is 49.6. The Morgan fingerprint density at radius 3 is 2.38 bits per heavy atom. The Bertz CT molecular complexity index is 1200. The number of carbonyl (C=O) groups excluding carboxylic acids is 2. The van der Waals surface area contributed by atoms with Gasteiger partial charge in [0.05, 0.1) is 18.8 Å². The molecular formula is C22H35FN3O13P. The lowest BCUT2D eigenvalue weighted by molar-refractivity contribution is -0.149. The molecule has 0 bridgehead atoms. The van der Waals surface area contributed by atoms with Gasteiger partial charge in [0, 0.05) is 12.3 Å². The molecule has 0 radical (unpaired) electrons. The van der Waals surface area contributed by atoms with E-state index >= 15 is 0 Å². The van der Waals surface area contributed by atoms with E-state index in [0.29, 0.717) is 4.57 Å². The predicted molar refractivity (Wildman–Crippen MR) is 133 cm³/mol. The number of aliphatic hydroxyl groups excluding tert-OH is 1. The van der Waals surface area contributed by atoms with E-state index in [1.165, 1.54) is 6.92 Å². The highest BCUT2D eigenvalue weighted by atomic mass is 31.2. The SMILES string of the molecule is CC(C)OC(=O)OCOP(=O)(N[C@@H](C)C(=O)OC(C)C)OC[C@@]1(CF)O[C@@H](n2ccc(=O)[nH]c2=O)[C@](C)(O)[C@@H]1O. The number of H-pyrrole nitrogens is 1. The summed E-state index contributed by atoms with van der Waals surface area (Å²) in [6.07, 6.45) is -5.09. The number of halogens is 1. The quantitative estimate of drug-likeness (QED) is 0.138. The second-order valence-corrected chi connectivity index (χ2v) is 11.5. The molecule has 2 rings (SSSR count). The maximum atomic E-state index is 14.5. The first-order valence-corrected chi connectivity index (χ1v) is 13.7. The summed E-state index contributed by atoms with van der Waals surface area (Å²) >= 11 is 0. The number of hydrogen-bond donors (Lipinski definition) is 4. The molecule has 18 heteroatoms. The Labute approximate surface area is 228 Å². The van der Waals surface area contributed by atoms with E-state index in [9.17, 15) is 38.3 Å². The maximum Gasteiger partial charge on any atom is 0.510 e. The minimum Gasteiger partial charge on any atom is -0.462 e. The number of carbonyl (C=O) groups is 2. The fraction of sp³-hybridized carbons (Fsp3) is 0.727. The summed E-state index contributed by atoms with van der Waals surface area (Å²) < 4.78 is 59.1. The zero-order valence-corrected chi connectivity index (χ0v) is 23.7. The van der Waals surface area contributed by atoms with Crippen molar-refractivity contribution in [2.45, 2.75) is 83.3 Å². The van der Waals surface area contributed by atoms with Crippen molar-refractivity contribution in [3.8, 4) is 0 Å². The van der Waals surface area contributed by atoms with Gasteiger partial charge in [-0.05, 0) is 41.5 Å². The summed E-state index contributed by atoms with van der Waals surface area (Å²) in [5, 5.41) is 24.1. The van der Waals surface area contributed by atoms with Crippen LogP contribution >= 0.6 is 7.75 Å². The molecule has 6 atom stereocenters. The average Bonchev–Trinajstić information content (AvgIpc) is 3.03.